The summed E-state index contributed by atoms with van der Waals surface area (Å²) in [5.41, 5.74) is 9.95. The number of benzene rings is 2. The second kappa shape index (κ2) is 8.32. The molecule has 2 N–H and O–H groups in total. The minimum Gasteiger partial charge on any atom is -0.383 e. The number of unbranched alkanes of at least 4 members (excludes halogenated alkanes) is 1. The zero-order valence-corrected chi connectivity index (χ0v) is 17.3. The van der Waals surface area contributed by atoms with Crippen LogP contribution in [0.5, 0.6) is 0 Å². The van der Waals surface area contributed by atoms with Crippen LogP contribution in [-0.2, 0) is 6.54 Å². The second-order valence-corrected chi connectivity index (χ2v) is 7.70. The lowest BCUT2D eigenvalue weighted by Gasteiger charge is -2.09. The summed E-state index contributed by atoms with van der Waals surface area (Å²) in [5.74, 6) is 1.42. The van der Waals surface area contributed by atoms with Gasteiger partial charge in [-0.15, -0.1) is 0 Å². The Balaban J connectivity index is 2.15. The molecule has 0 amide bonds. The van der Waals surface area contributed by atoms with Gasteiger partial charge in [0.05, 0.1) is 21.1 Å². The number of aliphatic imine (C=N–C) groups is 1. The van der Waals surface area contributed by atoms with E-state index in [1.165, 1.54) is 0 Å². The fourth-order valence-electron chi connectivity index (χ4n) is 3.04. The maximum atomic E-state index is 6.23. The highest BCUT2D eigenvalue weighted by Crippen LogP contribution is 2.31. The summed E-state index contributed by atoms with van der Waals surface area (Å²) in [6.07, 6.45) is 2.17. The molecule has 0 saturated heterocycles. The van der Waals surface area contributed by atoms with E-state index in [1.54, 1.807) is 6.07 Å². The van der Waals surface area contributed by atoms with Gasteiger partial charge in [0.1, 0.15) is 11.7 Å². The highest BCUT2D eigenvalue weighted by molar-refractivity contribution is 6.42. The molecule has 0 bridgehead atoms. The molecule has 27 heavy (non-hydrogen) atoms. The van der Waals surface area contributed by atoms with Crippen molar-refractivity contribution < 1.29 is 0 Å². The number of imidazole rings is 1. The number of fused-ring (bicyclic) bond motifs is 1. The predicted octanol–water partition coefficient (Wildman–Crippen LogP) is 5.92. The van der Waals surface area contributed by atoms with Crippen LogP contribution in [0.15, 0.2) is 41.4 Å². The van der Waals surface area contributed by atoms with Crippen molar-refractivity contribution in [3.63, 3.8) is 0 Å². The van der Waals surface area contributed by atoms with E-state index < -0.39 is 0 Å². The van der Waals surface area contributed by atoms with Gasteiger partial charge in [-0.25, -0.2) is 4.98 Å². The van der Waals surface area contributed by atoms with Crippen molar-refractivity contribution in [2.75, 3.05) is 0 Å². The summed E-state index contributed by atoms with van der Waals surface area (Å²) >= 11 is 12.3. The molecule has 3 aromatic rings. The van der Waals surface area contributed by atoms with Crippen LogP contribution in [0.3, 0.4) is 0 Å². The van der Waals surface area contributed by atoms with Gasteiger partial charge in [0.25, 0.3) is 0 Å². The molecule has 0 saturated carbocycles. The lowest BCUT2D eigenvalue weighted by Crippen LogP contribution is -2.15. The molecule has 2 aromatic carbocycles. The molecule has 0 aliphatic heterocycles. The van der Waals surface area contributed by atoms with Crippen LogP contribution in [0.25, 0.3) is 22.4 Å². The lowest BCUT2D eigenvalue weighted by atomic mass is 10.1. The van der Waals surface area contributed by atoms with E-state index in [0.717, 1.165) is 47.4 Å². The minimum atomic E-state index is 0.148. The van der Waals surface area contributed by atoms with Crippen molar-refractivity contribution in [3.8, 4) is 11.4 Å². The summed E-state index contributed by atoms with van der Waals surface area (Å²) in [6.45, 7) is 7.08. The van der Waals surface area contributed by atoms with Gasteiger partial charge in [-0.05, 0) is 56.7 Å². The molecule has 0 aliphatic rings. The molecule has 142 valence electrons. The maximum absolute atomic E-state index is 6.23. The fraction of sp³-hybridized carbons (Fsp3) is 0.333. The summed E-state index contributed by atoms with van der Waals surface area (Å²) in [7, 11) is 0. The van der Waals surface area contributed by atoms with Crippen LogP contribution >= 0.6 is 23.2 Å². The molecule has 0 fully saturated rings. The largest absolute Gasteiger partial charge is 0.383 e. The van der Waals surface area contributed by atoms with Crippen molar-refractivity contribution in [2.45, 2.75) is 46.2 Å². The molecular weight excluding hydrogens is 379 g/mol. The van der Waals surface area contributed by atoms with E-state index in [0.29, 0.717) is 15.9 Å². The Morgan fingerprint density at radius 3 is 2.59 bits per heavy atom. The number of rotatable bonds is 6. The SMILES string of the molecule is CCCCn1c(-c2ccc(Cl)c(Cl)c2)nc2cc(C(N)=NC(C)C)ccc21. The van der Waals surface area contributed by atoms with E-state index in [-0.39, 0.29) is 6.04 Å². The number of amidine groups is 1. The van der Waals surface area contributed by atoms with Gasteiger partial charge in [-0.3, -0.25) is 4.99 Å². The summed E-state index contributed by atoms with van der Waals surface area (Å²) in [5, 5.41) is 1.06. The van der Waals surface area contributed by atoms with Gasteiger partial charge in [-0.2, -0.15) is 0 Å². The van der Waals surface area contributed by atoms with E-state index in [4.69, 9.17) is 33.9 Å². The molecule has 1 heterocycles. The van der Waals surface area contributed by atoms with Gasteiger partial charge in [-0.1, -0.05) is 36.5 Å². The van der Waals surface area contributed by atoms with Gasteiger partial charge in [0.2, 0.25) is 0 Å². The molecule has 0 unspecified atom stereocenters. The summed E-state index contributed by atoms with van der Waals surface area (Å²) < 4.78 is 2.23. The van der Waals surface area contributed by atoms with E-state index >= 15 is 0 Å². The Hall–Kier alpha value is -2.04. The van der Waals surface area contributed by atoms with Crippen molar-refractivity contribution in [2.24, 2.45) is 10.7 Å². The first-order chi connectivity index (χ1) is 12.9. The average Bonchev–Trinajstić information content (AvgIpc) is 2.99. The van der Waals surface area contributed by atoms with Crippen LogP contribution in [0.2, 0.25) is 10.0 Å². The van der Waals surface area contributed by atoms with E-state index in [9.17, 15) is 0 Å². The Labute approximate surface area is 170 Å². The summed E-state index contributed by atoms with van der Waals surface area (Å²) in [6, 6.07) is 11.8. The second-order valence-electron chi connectivity index (χ2n) is 6.88. The molecular formula is C21H24Cl2N4. The smallest absolute Gasteiger partial charge is 0.141 e. The normalized spacial score (nSPS) is 12.3. The Kier molecular flexibility index (Phi) is 6.08. The standard InChI is InChI=1S/C21H24Cl2N4/c1-4-5-10-27-19-9-7-14(20(24)25-13(2)3)12-18(19)26-21(27)15-6-8-16(22)17(23)11-15/h6-9,11-13H,4-5,10H2,1-3H3,(H2,24,25). The minimum absolute atomic E-state index is 0.148. The highest BCUT2D eigenvalue weighted by Gasteiger charge is 2.15. The number of nitrogens with zero attached hydrogens (tertiary/aromatic N) is 3. The number of halogens is 2. The third kappa shape index (κ3) is 4.28. The van der Waals surface area contributed by atoms with Crippen molar-refractivity contribution in [1.29, 1.82) is 0 Å². The molecule has 3 rings (SSSR count). The van der Waals surface area contributed by atoms with E-state index in [2.05, 4.69) is 22.5 Å². The average molecular weight is 403 g/mol. The van der Waals surface area contributed by atoms with Crippen LogP contribution in [0.4, 0.5) is 0 Å². The topological polar surface area (TPSA) is 56.2 Å². The predicted molar refractivity (Wildman–Crippen MR) is 116 cm³/mol. The number of aryl methyl sites for hydroxylation is 1. The zero-order valence-electron chi connectivity index (χ0n) is 15.8. The maximum Gasteiger partial charge on any atom is 0.141 e. The van der Waals surface area contributed by atoms with Crippen molar-refractivity contribution in [1.82, 2.24) is 9.55 Å². The van der Waals surface area contributed by atoms with Gasteiger partial charge in [0.15, 0.2) is 0 Å². The van der Waals surface area contributed by atoms with Crippen LogP contribution in [-0.4, -0.2) is 21.4 Å². The van der Waals surface area contributed by atoms with E-state index in [1.807, 2.05) is 38.1 Å². The van der Waals surface area contributed by atoms with Gasteiger partial charge >= 0.3 is 0 Å². The van der Waals surface area contributed by atoms with Crippen LogP contribution in [0, 0.1) is 0 Å². The number of nitrogens with two attached hydrogens (primary N) is 1. The van der Waals surface area contributed by atoms with Crippen molar-refractivity contribution >= 4 is 40.1 Å². The van der Waals surface area contributed by atoms with Crippen molar-refractivity contribution in [3.05, 3.63) is 52.0 Å². The first-order valence-corrected chi connectivity index (χ1v) is 9.95. The number of hydrogen-bond acceptors (Lipinski definition) is 2. The molecule has 0 spiro atoms. The van der Waals surface area contributed by atoms with Crippen LogP contribution < -0.4 is 5.73 Å². The first-order valence-electron chi connectivity index (χ1n) is 9.20. The highest BCUT2D eigenvalue weighted by atomic mass is 35.5. The Bertz CT molecular complexity index is 989. The monoisotopic (exact) mass is 402 g/mol. The number of hydrogen-bond donors (Lipinski definition) is 1. The quantitative estimate of drug-likeness (QED) is 0.410. The Morgan fingerprint density at radius 1 is 1.15 bits per heavy atom. The van der Waals surface area contributed by atoms with Gasteiger partial charge < -0.3 is 10.3 Å². The molecule has 1 aromatic heterocycles. The Morgan fingerprint density at radius 2 is 1.93 bits per heavy atom. The van der Waals surface area contributed by atoms with Crippen LogP contribution in [0.1, 0.15) is 39.2 Å². The molecule has 6 heteroatoms. The molecule has 0 atom stereocenters. The third-order valence-electron chi connectivity index (χ3n) is 4.35. The summed E-state index contributed by atoms with van der Waals surface area (Å²) in [4.78, 5) is 9.32. The fourth-order valence-corrected chi connectivity index (χ4v) is 3.34. The van der Waals surface area contributed by atoms with Gasteiger partial charge in [0, 0.05) is 23.7 Å². The molecule has 0 aliphatic carbocycles. The lowest BCUT2D eigenvalue weighted by molar-refractivity contribution is 0.651. The first kappa shape index (κ1) is 19.7. The molecule has 4 nitrogen and oxygen atoms in total. The number of aromatic nitrogens is 2. The zero-order chi connectivity index (χ0) is 19.6. The molecule has 0 radical (unpaired) electrons. The third-order valence-corrected chi connectivity index (χ3v) is 5.09.